The van der Waals surface area contributed by atoms with Crippen molar-refractivity contribution in [2.45, 2.75) is 25.4 Å². The van der Waals surface area contributed by atoms with E-state index < -0.39 is 0 Å². The number of aromatic nitrogens is 2. The zero-order valence-electron chi connectivity index (χ0n) is 7.46. The van der Waals surface area contributed by atoms with Crippen LogP contribution in [-0.2, 0) is 17.6 Å². The van der Waals surface area contributed by atoms with Gasteiger partial charge in [0.15, 0.2) is 5.15 Å². The van der Waals surface area contributed by atoms with Crippen molar-refractivity contribution in [3.63, 3.8) is 0 Å². The summed E-state index contributed by atoms with van der Waals surface area (Å²) < 4.78 is 5.30. The van der Waals surface area contributed by atoms with Crippen LogP contribution < -0.4 is 0 Å². The molecule has 4 heteroatoms. The summed E-state index contributed by atoms with van der Waals surface area (Å²) in [5.41, 5.74) is 2.25. The quantitative estimate of drug-likeness (QED) is 0.688. The minimum absolute atomic E-state index is 0.313. The van der Waals surface area contributed by atoms with Crippen molar-refractivity contribution in [2.24, 2.45) is 0 Å². The lowest BCUT2D eigenvalue weighted by molar-refractivity contribution is 0.0903. The molecular weight excluding hydrogens is 188 g/mol. The molecule has 1 aliphatic carbocycles. The Kier molecular flexibility index (Phi) is 2.47. The van der Waals surface area contributed by atoms with Gasteiger partial charge in [-0.2, -0.15) is 5.10 Å². The standard InChI is InChI=1S/C9H11ClN2O/c1-13-7-2-3-8-6(4-7)5-9(10)12-11-8/h5,7H,2-4H2,1H3. The van der Waals surface area contributed by atoms with Gasteiger partial charge in [-0.1, -0.05) is 11.6 Å². The van der Waals surface area contributed by atoms with E-state index in [1.165, 1.54) is 5.56 Å². The van der Waals surface area contributed by atoms with Gasteiger partial charge >= 0.3 is 0 Å². The summed E-state index contributed by atoms with van der Waals surface area (Å²) in [6.07, 6.45) is 3.19. The van der Waals surface area contributed by atoms with Crippen LogP contribution in [-0.4, -0.2) is 23.4 Å². The van der Waals surface area contributed by atoms with Crippen LogP contribution in [0.4, 0.5) is 0 Å². The van der Waals surface area contributed by atoms with Crippen molar-refractivity contribution in [2.75, 3.05) is 7.11 Å². The Bertz CT molecular complexity index is 316. The summed E-state index contributed by atoms with van der Waals surface area (Å²) in [5.74, 6) is 0. The second-order valence-electron chi connectivity index (χ2n) is 3.24. The van der Waals surface area contributed by atoms with E-state index in [1.807, 2.05) is 6.07 Å². The van der Waals surface area contributed by atoms with E-state index in [4.69, 9.17) is 16.3 Å². The molecule has 0 aliphatic heterocycles. The van der Waals surface area contributed by atoms with Crippen molar-refractivity contribution in [1.82, 2.24) is 10.2 Å². The van der Waals surface area contributed by atoms with Crippen molar-refractivity contribution in [3.8, 4) is 0 Å². The Morgan fingerprint density at radius 3 is 3.15 bits per heavy atom. The molecule has 0 spiro atoms. The molecule has 0 N–H and O–H groups in total. The van der Waals surface area contributed by atoms with Gasteiger partial charge in [0.1, 0.15) is 0 Å². The normalized spacial score (nSPS) is 21.2. The molecule has 2 rings (SSSR count). The van der Waals surface area contributed by atoms with Crippen LogP contribution in [0.3, 0.4) is 0 Å². The first kappa shape index (κ1) is 8.91. The highest BCUT2D eigenvalue weighted by Crippen LogP contribution is 2.22. The van der Waals surface area contributed by atoms with Gasteiger partial charge < -0.3 is 4.74 Å². The van der Waals surface area contributed by atoms with E-state index in [0.717, 1.165) is 25.0 Å². The highest BCUT2D eigenvalue weighted by atomic mass is 35.5. The number of rotatable bonds is 1. The molecule has 1 aliphatic rings. The first-order chi connectivity index (χ1) is 6.29. The van der Waals surface area contributed by atoms with Gasteiger partial charge in [-0.25, -0.2) is 0 Å². The van der Waals surface area contributed by atoms with Crippen molar-refractivity contribution < 1.29 is 4.74 Å². The second-order valence-corrected chi connectivity index (χ2v) is 3.63. The molecule has 13 heavy (non-hydrogen) atoms. The van der Waals surface area contributed by atoms with Crippen LogP contribution in [0.15, 0.2) is 6.07 Å². The predicted octanol–water partition coefficient (Wildman–Crippen LogP) is 1.63. The number of halogens is 1. The first-order valence-electron chi connectivity index (χ1n) is 4.33. The molecule has 1 heterocycles. The molecule has 3 nitrogen and oxygen atoms in total. The molecule has 1 aromatic heterocycles. The maximum Gasteiger partial charge on any atom is 0.152 e. The molecule has 1 aromatic rings. The Morgan fingerprint density at radius 2 is 2.38 bits per heavy atom. The van der Waals surface area contributed by atoms with Crippen molar-refractivity contribution in [3.05, 3.63) is 22.5 Å². The van der Waals surface area contributed by atoms with Crippen LogP contribution in [0.25, 0.3) is 0 Å². The summed E-state index contributed by atoms with van der Waals surface area (Å²) in [7, 11) is 1.74. The third kappa shape index (κ3) is 1.81. The largest absolute Gasteiger partial charge is 0.381 e. The molecule has 0 radical (unpaired) electrons. The lowest BCUT2D eigenvalue weighted by Crippen LogP contribution is -2.22. The molecule has 0 saturated carbocycles. The third-order valence-electron chi connectivity index (χ3n) is 2.41. The summed E-state index contributed by atoms with van der Waals surface area (Å²) in [6, 6.07) is 1.88. The highest BCUT2D eigenvalue weighted by Gasteiger charge is 2.19. The van der Waals surface area contributed by atoms with Gasteiger partial charge in [-0.15, -0.1) is 5.10 Å². The van der Waals surface area contributed by atoms with Crippen LogP contribution in [0.5, 0.6) is 0 Å². The Hall–Kier alpha value is -0.670. The summed E-state index contributed by atoms with van der Waals surface area (Å²) in [5, 5.41) is 8.34. The molecule has 0 aromatic carbocycles. The zero-order chi connectivity index (χ0) is 9.26. The fourth-order valence-corrected chi connectivity index (χ4v) is 1.83. The molecule has 0 saturated heterocycles. The monoisotopic (exact) mass is 198 g/mol. The number of hydrogen-bond donors (Lipinski definition) is 0. The van der Waals surface area contributed by atoms with E-state index >= 15 is 0 Å². The van der Waals surface area contributed by atoms with E-state index in [9.17, 15) is 0 Å². The minimum Gasteiger partial charge on any atom is -0.381 e. The van der Waals surface area contributed by atoms with Crippen LogP contribution in [0.2, 0.25) is 5.15 Å². The number of fused-ring (bicyclic) bond motifs is 1. The summed E-state index contributed by atoms with van der Waals surface area (Å²) in [4.78, 5) is 0. The molecule has 0 fully saturated rings. The van der Waals surface area contributed by atoms with Crippen LogP contribution in [0.1, 0.15) is 17.7 Å². The smallest absolute Gasteiger partial charge is 0.152 e. The van der Waals surface area contributed by atoms with Gasteiger partial charge in [0, 0.05) is 13.5 Å². The lowest BCUT2D eigenvalue weighted by atomic mass is 9.94. The Balaban J connectivity index is 2.27. The van der Waals surface area contributed by atoms with Gasteiger partial charge in [0.2, 0.25) is 0 Å². The fourth-order valence-electron chi connectivity index (χ4n) is 1.66. The number of hydrogen-bond acceptors (Lipinski definition) is 3. The summed E-state index contributed by atoms with van der Waals surface area (Å²) in [6.45, 7) is 0. The molecule has 0 bridgehead atoms. The number of ether oxygens (including phenoxy) is 1. The van der Waals surface area contributed by atoms with Crippen LogP contribution in [0, 0.1) is 0 Å². The molecule has 1 atom stereocenters. The van der Waals surface area contributed by atoms with E-state index in [2.05, 4.69) is 10.2 Å². The molecule has 70 valence electrons. The molecule has 0 amide bonds. The minimum atomic E-state index is 0.313. The average molecular weight is 199 g/mol. The highest BCUT2D eigenvalue weighted by molar-refractivity contribution is 6.29. The predicted molar refractivity (Wildman–Crippen MR) is 49.9 cm³/mol. The van der Waals surface area contributed by atoms with E-state index in [1.54, 1.807) is 7.11 Å². The van der Waals surface area contributed by atoms with Crippen molar-refractivity contribution >= 4 is 11.6 Å². The fraction of sp³-hybridized carbons (Fsp3) is 0.556. The topological polar surface area (TPSA) is 35.0 Å². The summed E-state index contributed by atoms with van der Waals surface area (Å²) >= 11 is 5.75. The van der Waals surface area contributed by atoms with Gasteiger partial charge in [-0.05, 0) is 24.5 Å². The number of aryl methyl sites for hydroxylation is 1. The van der Waals surface area contributed by atoms with Crippen molar-refractivity contribution in [1.29, 1.82) is 0 Å². The van der Waals surface area contributed by atoms with E-state index in [-0.39, 0.29) is 0 Å². The molecule has 1 unspecified atom stereocenters. The number of methoxy groups -OCH3 is 1. The van der Waals surface area contributed by atoms with Crippen LogP contribution >= 0.6 is 11.6 Å². The average Bonchev–Trinajstić information content (AvgIpc) is 2.16. The molecular formula is C9H11ClN2O. The van der Waals surface area contributed by atoms with Gasteiger partial charge in [-0.3, -0.25) is 0 Å². The Labute approximate surface area is 82.1 Å². The Morgan fingerprint density at radius 1 is 1.54 bits per heavy atom. The lowest BCUT2D eigenvalue weighted by Gasteiger charge is -2.21. The maximum atomic E-state index is 5.75. The SMILES string of the molecule is COC1CCc2nnc(Cl)cc2C1. The maximum absolute atomic E-state index is 5.75. The third-order valence-corrected chi connectivity index (χ3v) is 2.60. The van der Waals surface area contributed by atoms with Gasteiger partial charge in [0.05, 0.1) is 11.8 Å². The second kappa shape index (κ2) is 3.60. The number of nitrogens with zero attached hydrogens (tertiary/aromatic N) is 2. The van der Waals surface area contributed by atoms with E-state index in [0.29, 0.717) is 11.3 Å². The van der Waals surface area contributed by atoms with Gasteiger partial charge in [0.25, 0.3) is 0 Å². The first-order valence-corrected chi connectivity index (χ1v) is 4.71. The zero-order valence-corrected chi connectivity index (χ0v) is 8.21.